The van der Waals surface area contributed by atoms with Crippen LogP contribution >= 0.6 is 11.8 Å². The molecule has 3 rings (SSSR count). The van der Waals surface area contributed by atoms with Crippen LogP contribution in [0.15, 0.2) is 52.2 Å². The fourth-order valence-corrected chi connectivity index (χ4v) is 2.17. The molecule has 76 valence electrons. The smallest absolute Gasteiger partial charge is 0.174 e. The molecule has 0 bridgehead atoms. The first-order valence-corrected chi connectivity index (χ1v) is 5.46. The van der Waals surface area contributed by atoms with Crippen molar-refractivity contribution in [2.45, 2.75) is 4.90 Å². The van der Waals surface area contributed by atoms with Crippen LogP contribution in [0.2, 0.25) is 0 Å². The minimum atomic E-state index is 0.264. The second kappa shape index (κ2) is 4.79. The molecule has 0 saturated carbocycles. The van der Waals surface area contributed by atoms with Crippen molar-refractivity contribution in [2.24, 2.45) is 0 Å². The molecule has 2 heterocycles. The van der Waals surface area contributed by atoms with Crippen molar-refractivity contribution in [3.8, 4) is 0 Å². The van der Waals surface area contributed by atoms with Crippen LogP contribution in [0.5, 0.6) is 0 Å². The number of rotatable bonds is 0. The molecule has 1 aromatic carbocycles. The Morgan fingerprint density at radius 1 is 1.27 bits per heavy atom. The lowest BCUT2D eigenvalue weighted by Crippen LogP contribution is -1.93. The summed E-state index contributed by atoms with van der Waals surface area (Å²) in [5, 5.41) is 3.35. The van der Waals surface area contributed by atoms with E-state index < -0.39 is 0 Å². The summed E-state index contributed by atoms with van der Waals surface area (Å²) < 4.78 is 4.33. The van der Waals surface area contributed by atoms with Crippen LogP contribution in [-0.4, -0.2) is 16.7 Å². The standard InChI is InChI=1S/C8H6OS.C3H3NO/c9-7-5-10-8-4-2-1-3-6(7)8;1-2-4-5-3-1/h1-4H,5H2;1-3H. The second-order valence-corrected chi connectivity index (χ2v) is 3.91. The Morgan fingerprint density at radius 2 is 2.13 bits per heavy atom. The van der Waals surface area contributed by atoms with E-state index in [1.807, 2.05) is 24.3 Å². The van der Waals surface area contributed by atoms with Gasteiger partial charge in [0.05, 0.1) is 11.9 Å². The van der Waals surface area contributed by atoms with E-state index in [0.717, 1.165) is 10.5 Å². The van der Waals surface area contributed by atoms with Crippen LogP contribution in [0.3, 0.4) is 0 Å². The summed E-state index contributed by atoms with van der Waals surface area (Å²) in [5.74, 6) is 0.889. The fourth-order valence-electron chi connectivity index (χ4n) is 1.22. The number of thioether (sulfide) groups is 1. The Bertz CT molecular complexity index is 422. The molecule has 0 fully saturated rings. The van der Waals surface area contributed by atoms with Gasteiger partial charge in [-0.25, -0.2) is 0 Å². The Morgan fingerprint density at radius 3 is 2.73 bits per heavy atom. The Hall–Kier alpha value is -1.55. The molecule has 1 aliphatic heterocycles. The predicted octanol–water partition coefficient (Wildman–Crippen LogP) is 2.65. The molecule has 1 aliphatic rings. The largest absolute Gasteiger partial charge is 0.365 e. The number of fused-ring (bicyclic) bond motifs is 1. The van der Waals surface area contributed by atoms with Crippen LogP contribution in [0.4, 0.5) is 0 Å². The maximum absolute atomic E-state index is 11.0. The van der Waals surface area contributed by atoms with Crippen LogP contribution in [0.1, 0.15) is 10.4 Å². The van der Waals surface area contributed by atoms with E-state index in [4.69, 9.17) is 0 Å². The molecule has 3 nitrogen and oxygen atoms in total. The van der Waals surface area contributed by atoms with Gasteiger partial charge in [0.1, 0.15) is 6.26 Å². The van der Waals surface area contributed by atoms with Gasteiger partial charge in [-0.05, 0) is 12.1 Å². The normalized spacial score (nSPS) is 12.9. The molecule has 0 N–H and O–H groups in total. The highest BCUT2D eigenvalue weighted by Gasteiger charge is 2.18. The number of nitrogens with zero attached hydrogens (tertiary/aromatic N) is 1. The summed E-state index contributed by atoms with van der Waals surface area (Å²) in [6.07, 6.45) is 3.10. The number of aromatic nitrogens is 1. The molecular weight excluding hydrogens is 210 g/mol. The third kappa shape index (κ3) is 2.47. The summed E-state index contributed by atoms with van der Waals surface area (Å²) in [4.78, 5) is 12.2. The monoisotopic (exact) mass is 219 g/mol. The Labute approximate surface area is 91.5 Å². The molecule has 0 aliphatic carbocycles. The lowest BCUT2D eigenvalue weighted by molar-refractivity contribution is 0.102. The summed E-state index contributed by atoms with van der Waals surface area (Å²) in [6.45, 7) is 0. The van der Waals surface area contributed by atoms with Gasteiger partial charge < -0.3 is 4.52 Å². The molecule has 1 aromatic heterocycles. The van der Waals surface area contributed by atoms with E-state index >= 15 is 0 Å². The summed E-state index contributed by atoms with van der Waals surface area (Å²) in [6, 6.07) is 9.47. The molecule has 4 heteroatoms. The van der Waals surface area contributed by atoms with Crippen molar-refractivity contribution < 1.29 is 9.32 Å². The van der Waals surface area contributed by atoms with E-state index in [1.54, 1.807) is 24.0 Å². The number of carbonyl (C=O) groups excluding carboxylic acids is 1. The first-order chi connectivity index (χ1) is 7.38. The minimum absolute atomic E-state index is 0.264. The summed E-state index contributed by atoms with van der Waals surface area (Å²) >= 11 is 1.63. The van der Waals surface area contributed by atoms with E-state index in [9.17, 15) is 4.79 Å². The number of hydrogen-bond acceptors (Lipinski definition) is 4. The van der Waals surface area contributed by atoms with E-state index in [1.165, 1.54) is 6.26 Å². The van der Waals surface area contributed by atoms with Gasteiger partial charge in [-0.3, -0.25) is 4.79 Å². The summed E-state index contributed by atoms with van der Waals surface area (Å²) in [7, 11) is 0. The van der Waals surface area contributed by atoms with Crippen LogP contribution < -0.4 is 0 Å². The second-order valence-electron chi connectivity index (χ2n) is 2.90. The first kappa shape index (κ1) is 9.98. The SMILES string of the molecule is O=C1CSc2ccccc21.c1cnoc1. The van der Waals surface area contributed by atoms with Crippen molar-refractivity contribution in [1.82, 2.24) is 5.16 Å². The van der Waals surface area contributed by atoms with Crippen molar-refractivity contribution in [1.29, 1.82) is 0 Å². The van der Waals surface area contributed by atoms with Gasteiger partial charge in [0.25, 0.3) is 0 Å². The lowest BCUT2D eigenvalue weighted by atomic mass is 10.2. The van der Waals surface area contributed by atoms with Gasteiger partial charge in [0, 0.05) is 10.5 Å². The number of hydrogen-bond donors (Lipinski definition) is 0. The first-order valence-electron chi connectivity index (χ1n) is 4.47. The molecule has 0 spiro atoms. The van der Waals surface area contributed by atoms with Gasteiger partial charge in [0.15, 0.2) is 5.78 Å². The van der Waals surface area contributed by atoms with E-state index in [0.29, 0.717) is 5.75 Å². The van der Waals surface area contributed by atoms with Crippen molar-refractivity contribution >= 4 is 17.5 Å². The third-order valence-corrected chi connectivity index (χ3v) is 2.97. The average molecular weight is 219 g/mol. The van der Waals surface area contributed by atoms with E-state index in [2.05, 4.69) is 9.68 Å². The third-order valence-electron chi connectivity index (χ3n) is 1.89. The highest BCUT2D eigenvalue weighted by atomic mass is 32.2. The van der Waals surface area contributed by atoms with Crippen molar-refractivity contribution in [2.75, 3.05) is 5.75 Å². The van der Waals surface area contributed by atoms with Gasteiger partial charge in [-0.1, -0.05) is 23.4 Å². The molecular formula is C11H9NO2S. The van der Waals surface area contributed by atoms with Crippen molar-refractivity contribution in [3.05, 3.63) is 48.4 Å². The maximum Gasteiger partial charge on any atom is 0.174 e. The van der Waals surface area contributed by atoms with Gasteiger partial charge in [-0.2, -0.15) is 0 Å². The van der Waals surface area contributed by atoms with Gasteiger partial charge in [0.2, 0.25) is 0 Å². The molecule has 15 heavy (non-hydrogen) atoms. The highest BCUT2D eigenvalue weighted by Crippen LogP contribution is 2.30. The molecule has 2 aromatic rings. The minimum Gasteiger partial charge on any atom is -0.365 e. The topological polar surface area (TPSA) is 43.1 Å². The maximum atomic E-state index is 11.0. The van der Waals surface area contributed by atoms with Crippen LogP contribution in [0, 0.1) is 0 Å². The number of carbonyl (C=O) groups is 1. The zero-order valence-corrected chi connectivity index (χ0v) is 8.74. The molecule has 0 atom stereocenters. The number of Topliss-reactive ketones (excluding diaryl/α,β-unsaturated/α-hetero) is 1. The number of ketones is 1. The van der Waals surface area contributed by atoms with Crippen LogP contribution in [-0.2, 0) is 0 Å². The van der Waals surface area contributed by atoms with Crippen LogP contribution in [0.25, 0.3) is 0 Å². The molecule has 0 unspecified atom stereocenters. The van der Waals surface area contributed by atoms with Gasteiger partial charge in [-0.15, -0.1) is 11.8 Å². The fraction of sp³-hybridized carbons (Fsp3) is 0.0909. The lowest BCUT2D eigenvalue weighted by Gasteiger charge is -1.90. The zero-order valence-electron chi connectivity index (χ0n) is 7.92. The van der Waals surface area contributed by atoms with E-state index in [-0.39, 0.29) is 5.78 Å². The number of benzene rings is 1. The van der Waals surface area contributed by atoms with Gasteiger partial charge >= 0.3 is 0 Å². The highest BCUT2D eigenvalue weighted by molar-refractivity contribution is 8.00. The molecule has 0 amide bonds. The Balaban J connectivity index is 0.000000144. The summed E-state index contributed by atoms with van der Waals surface area (Å²) in [5.41, 5.74) is 0.896. The average Bonchev–Trinajstić information content (AvgIpc) is 2.92. The quantitative estimate of drug-likeness (QED) is 0.683. The molecule has 0 radical (unpaired) electrons. The zero-order chi connectivity index (χ0) is 10.5. The Kier molecular flexibility index (Phi) is 3.19. The van der Waals surface area contributed by atoms with Crippen molar-refractivity contribution in [3.63, 3.8) is 0 Å². The predicted molar refractivity (Wildman–Crippen MR) is 58.0 cm³/mol. The molecule has 0 saturated heterocycles.